The van der Waals surface area contributed by atoms with Gasteiger partial charge in [-0.05, 0) is 13.8 Å². The van der Waals surface area contributed by atoms with Crippen LogP contribution in [0.3, 0.4) is 0 Å². The molecule has 0 spiro atoms. The van der Waals surface area contributed by atoms with Crippen molar-refractivity contribution in [3.8, 4) is 0 Å². The summed E-state index contributed by atoms with van der Waals surface area (Å²) in [5.41, 5.74) is 4.75. The van der Waals surface area contributed by atoms with Crippen molar-refractivity contribution in [2.45, 2.75) is 19.4 Å². The van der Waals surface area contributed by atoms with Gasteiger partial charge in [0, 0.05) is 7.05 Å². The summed E-state index contributed by atoms with van der Waals surface area (Å²) in [4.78, 5) is 16.5. The largest absolute Gasteiger partial charge is 0.369 e. The van der Waals surface area contributed by atoms with E-state index in [-0.39, 0.29) is 5.91 Å². The molecule has 1 aliphatic heterocycles. The fraction of sp³-hybridized carbons (Fsp3) is 0.667. The first-order valence-electron chi connectivity index (χ1n) is 3.08. The standard InChI is InChI=1S/C6H11N3O/c1-6(2)4(10)9(3)5(7)8-6/h1-3H3,(H2,7,8). The second kappa shape index (κ2) is 1.71. The summed E-state index contributed by atoms with van der Waals surface area (Å²) in [5, 5.41) is 0. The van der Waals surface area contributed by atoms with Crippen molar-refractivity contribution in [3.63, 3.8) is 0 Å². The third-order valence-corrected chi connectivity index (χ3v) is 1.57. The monoisotopic (exact) mass is 141 g/mol. The molecule has 0 aromatic heterocycles. The fourth-order valence-electron chi connectivity index (χ4n) is 0.924. The van der Waals surface area contributed by atoms with Crippen molar-refractivity contribution in [2.24, 2.45) is 10.7 Å². The van der Waals surface area contributed by atoms with Crippen molar-refractivity contribution >= 4 is 11.9 Å². The average molecular weight is 141 g/mol. The van der Waals surface area contributed by atoms with Gasteiger partial charge >= 0.3 is 0 Å². The van der Waals surface area contributed by atoms with E-state index in [2.05, 4.69) is 4.99 Å². The normalized spacial score (nSPS) is 23.3. The number of rotatable bonds is 0. The molecule has 1 amide bonds. The first kappa shape index (κ1) is 7.05. The van der Waals surface area contributed by atoms with E-state index in [1.165, 1.54) is 4.90 Å². The molecular weight excluding hydrogens is 130 g/mol. The molecule has 1 heterocycles. The molecule has 2 N–H and O–H groups in total. The van der Waals surface area contributed by atoms with Crippen molar-refractivity contribution in [2.75, 3.05) is 7.05 Å². The summed E-state index contributed by atoms with van der Waals surface area (Å²) in [6.45, 7) is 3.48. The van der Waals surface area contributed by atoms with Gasteiger partial charge in [-0.2, -0.15) is 0 Å². The number of guanidine groups is 1. The van der Waals surface area contributed by atoms with Crippen LogP contribution in [-0.2, 0) is 4.79 Å². The SMILES string of the molecule is CN1C(=O)C(C)(C)N=C1N. The molecule has 0 aromatic rings. The lowest BCUT2D eigenvalue weighted by molar-refractivity contribution is -0.129. The van der Waals surface area contributed by atoms with Crippen molar-refractivity contribution in [1.82, 2.24) is 4.90 Å². The minimum Gasteiger partial charge on any atom is -0.369 e. The van der Waals surface area contributed by atoms with Crippen LogP contribution in [0.15, 0.2) is 4.99 Å². The number of amides is 1. The molecule has 0 saturated heterocycles. The predicted octanol–water partition coefficient (Wildman–Crippen LogP) is -0.448. The van der Waals surface area contributed by atoms with Crippen LogP contribution >= 0.6 is 0 Å². The molecule has 0 saturated carbocycles. The van der Waals surface area contributed by atoms with Gasteiger partial charge in [0.15, 0.2) is 5.96 Å². The fourth-order valence-corrected chi connectivity index (χ4v) is 0.924. The minimum atomic E-state index is -0.654. The highest BCUT2D eigenvalue weighted by atomic mass is 16.2. The maximum absolute atomic E-state index is 11.2. The van der Waals surface area contributed by atoms with Crippen molar-refractivity contribution in [3.05, 3.63) is 0 Å². The zero-order valence-corrected chi connectivity index (χ0v) is 6.38. The van der Waals surface area contributed by atoms with Crippen LogP contribution in [0.1, 0.15) is 13.8 Å². The van der Waals surface area contributed by atoms with Gasteiger partial charge in [0.05, 0.1) is 0 Å². The summed E-state index contributed by atoms with van der Waals surface area (Å²) < 4.78 is 0. The zero-order chi connectivity index (χ0) is 7.94. The van der Waals surface area contributed by atoms with Crippen LogP contribution in [0.2, 0.25) is 0 Å². The zero-order valence-electron chi connectivity index (χ0n) is 6.38. The van der Waals surface area contributed by atoms with Crippen molar-refractivity contribution < 1.29 is 4.79 Å². The Kier molecular flexibility index (Phi) is 1.21. The molecule has 0 unspecified atom stereocenters. The Morgan fingerprint density at radius 3 is 2.20 bits per heavy atom. The maximum atomic E-state index is 11.2. The third kappa shape index (κ3) is 0.761. The molecule has 4 heteroatoms. The molecule has 0 fully saturated rings. The van der Waals surface area contributed by atoms with Crippen LogP contribution in [0.25, 0.3) is 0 Å². The molecule has 1 rings (SSSR count). The Bertz CT molecular complexity index is 207. The summed E-state index contributed by atoms with van der Waals surface area (Å²) >= 11 is 0. The number of carbonyl (C=O) groups excluding carboxylic acids is 1. The number of likely N-dealkylation sites (N-methyl/N-ethyl adjacent to an activating group) is 1. The molecule has 0 atom stereocenters. The Labute approximate surface area is 59.7 Å². The Morgan fingerprint density at radius 1 is 1.60 bits per heavy atom. The third-order valence-electron chi connectivity index (χ3n) is 1.57. The summed E-state index contributed by atoms with van der Waals surface area (Å²) in [6, 6.07) is 0. The lowest BCUT2D eigenvalue weighted by atomic mass is 10.1. The van der Waals surface area contributed by atoms with Crippen LogP contribution in [-0.4, -0.2) is 29.4 Å². The lowest BCUT2D eigenvalue weighted by Gasteiger charge is -2.13. The van der Waals surface area contributed by atoms with Gasteiger partial charge in [0.2, 0.25) is 0 Å². The number of carbonyl (C=O) groups is 1. The van der Waals surface area contributed by atoms with E-state index in [4.69, 9.17) is 5.73 Å². The highest BCUT2D eigenvalue weighted by Crippen LogP contribution is 2.18. The highest BCUT2D eigenvalue weighted by Gasteiger charge is 2.37. The average Bonchev–Trinajstić information content (AvgIpc) is 1.95. The molecule has 1 aliphatic rings. The van der Waals surface area contributed by atoms with Gasteiger partial charge < -0.3 is 5.73 Å². The van der Waals surface area contributed by atoms with E-state index in [9.17, 15) is 4.79 Å². The first-order chi connectivity index (χ1) is 4.45. The lowest BCUT2D eigenvalue weighted by Crippen LogP contribution is -2.38. The van der Waals surface area contributed by atoms with Crippen LogP contribution in [0.5, 0.6) is 0 Å². The minimum absolute atomic E-state index is 0.0509. The van der Waals surface area contributed by atoms with E-state index in [1.54, 1.807) is 20.9 Å². The highest BCUT2D eigenvalue weighted by molar-refractivity contribution is 6.05. The molecule has 0 aliphatic carbocycles. The van der Waals surface area contributed by atoms with Crippen LogP contribution < -0.4 is 5.73 Å². The number of nitrogens with two attached hydrogens (primary N) is 1. The number of hydrogen-bond acceptors (Lipinski definition) is 3. The maximum Gasteiger partial charge on any atom is 0.256 e. The van der Waals surface area contributed by atoms with Gasteiger partial charge in [0.1, 0.15) is 5.54 Å². The predicted molar refractivity (Wildman–Crippen MR) is 38.5 cm³/mol. The molecular formula is C6H11N3O. The molecule has 0 radical (unpaired) electrons. The van der Waals surface area contributed by atoms with Gasteiger partial charge in [-0.25, -0.2) is 4.99 Å². The van der Waals surface area contributed by atoms with Gasteiger partial charge in [0.25, 0.3) is 5.91 Å². The summed E-state index contributed by atoms with van der Waals surface area (Å²) in [7, 11) is 1.62. The number of nitrogens with zero attached hydrogens (tertiary/aromatic N) is 2. The smallest absolute Gasteiger partial charge is 0.256 e. The van der Waals surface area contributed by atoms with Crippen molar-refractivity contribution in [1.29, 1.82) is 0 Å². The molecule has 10 heavy (non-hydrogen) atoms. The number of hydrogen-bond donors (Lipinski definition) is 1. The Hall–Kier alpha value is -1.06. The summed E-state index contributed by atoms with van der Waals surface area (Å²) in [5.74, 6) is 0.250. The molecule has 56 valence electrons. The second-order valence-corrected chi connectivity index (χ2v) is 2.89. The van der Waals surface area contributed by atoms with Crippen LogP contribution in [0, 0.1) is 0 Å². The van der Waals surface area contributed by atoms with Gasteiger partial charge in [-0.1, -0.05) is 0 Å². The molecule has 4 nitrogen and oxygen atoms in total. The van der Waals surface area contributed by atoms with E-state index in [1.807, 2.05) is 0 Å². The first-order valence-corrected chi connectivity index (χ1v) is 3.08. The Morgan fingerprint density at radius 2 is 2.10 bits per heavy atom. The van der Waals surface area contributed by atoms with Crippen LogP contribution in [0.4, 0.5) is 0 Å². The van der Waals surface area contributed by atoms with Gasteiger partial charge in [-0.3, -0.25) is 9.69 Å². The van der Waals surface area contributed by atoms with E-state index in [0.717, 1.165) is 0 Å². The molecule has 0 aromatic carbocycles. The quantitative estimate of drug-likeness (QED) is 0.496. The second-order valence-electron chi connectivity index (χ2n) is 2.89. The number of aliphatic imine (C=N–C) groups is 1. The van der Waals surface area contributed by atoms with E-state index < -0.39 is 5.54 Å². The van der Waals surface area contributed by atoms with E-state index in [0.29, 0.717) is 5.96 Å². The van der Waals surface area contributed by atoms with E-state index >= 15 is 0 Å². The van der Waals surface area contributed by atoms with Gasteiger partial charge in [-0.15, -0.1) is 0 Å². The summed E-state index contributed by atoms with van der Waals surface area (Å²) in [6.07, 6.45) is 0. The topological polar surface area (TPSA) is 58.7 Å². The Balaban J connectivity index is 2.98. The molecule has 0 bridgehead atoms.